The number of thiazole rings is 1. The third-order valence-electron chi connectivity index (χ3n) is 3.00. The van der Waals surface area contributed by atoms with Gasteiger partial charge in [0.2, 0.25) is 0 Å². The lowest BCUT2D eigenvalue weighted by atomic mass is 10.2. The fourth-order valence-corrected chi connectivity index (χ4v) is 2.77. The molecule has 5 nitrogen and oxygen atoms in total. The Morgan fingerprint density at radius 3 is 3.17 bits per heavy atom. The Bertz CT molecular complexity index is 421. The van der Waals surface area contributed by atoms with E-state index < -0.39 is 0 Å². The standard InChI is InChI=1S/C12H19N3O2S/c1-8-6-17-9(2)5-15(8)12(16)10-7-18-11(14-10)3-4-13/h7-9H,3-6,13H2,1-2H3. The topological polar surface area (TPSA) is 68.5 Å². The summed E-state index contributed by atoms with van der Waals surface area (Å²) in [6.07, 6.45) is 0.819. The summed E-state index contributed by atoms with van der Waals surface area (Å²) < 4.78 is 5.52. The third-order valence-corrected chi connectivity index (χ3v) is 3.91. The van der Waals surface area contributed by atoms with E-state index in [0.717, 1.165) is 11.4 Å². The van der Waals surface area contributed by atoms with Crippen LogP contribution in [0.5, 0.6) is 0 Å². The summed E-state index contributed by atoms with van der Waals surface area (Å²) in [7, 11) is 0. The van der Waals surface area contributed by atoms with Gasteiger partial charge in [0.05, 0.1) is 23.8 Å². The van der Waals surface area contributed by atoms with Gasteiger partial charge in [0.25, 0.3) is 5.91 Å². The smallest absolute Gasteiger partial charge is 0.273 e. The van der Waals surface area contributed by atoms with Gasteiger partial charge in [-0.25, -0.2) is 4.98 Å². The van der Waals surface area contributed by atoms with E-state index in [1.54, 1.807) is 0 Å². The van der Waals surface area contributed by atoms with Crippen LogP contribution in [0.15, 0.2) is 5.38 Å². The molecule has 18 heavy (non-hydrogen) atoms. The molecular weight excluding hydrogens is 250 g/mol. The van der Waals surface area contributed by atoms with E-state index in [2.05, 4.69) is 4.98 Å². The summed E-state index contributed by atoms with van der Waals surface area (Å²) in [5, 5.41) is 2.75. The number of ether oxygens (including phenoxy) is 1. The van der Waals surface area contributed by atoms with Crippen molar-refractivity contribution >= 4 is 17.2 Å². The molecule has 6 heteroatoms. The van der Waals surface area contributed by atoms with Crippen molar-refractivity contribution in [1.82, 2.24) is 9.88 Å². The second-order valence-corrected chi connectivity index (χ2v) is 5.56. The molecule has 1 aliphatic rings. The average Bonchev–Trinajstić information content (AvgIpc) is 2.80. The van der Waals surface area contributed by atoms with Crippen molar-refractivity contribution in [3.8, 4) is 0 Å². The van der Waals surface area contributed by atoms with Crippen LogP contribution >= 0.6 is 11.3 Å². The van der Waals surface area contributed by atoms with Gasteiger partial charge in [-0.05, 0) is 20.4 Å². The number of nitrogens with two attached hydrogens (primary N) is 1. The molecule has 1 aromatic heterocycles. The van der Waals surface area contributed by atoms with Crippen molar-refractivity contribution in [2.45, 2.75) is 32.4 Å². The van der Waals surface area contributed by atoms with Gasteiger partial charge in [0.1, 0.15) is 5.69 Å². The number of carbonyl (C=O) groups excluding carboxylic acids is 1. The Kier molecular flexibility index (Phi) is 4.31. The van der Waals surface area contributed by atoms with Crippen molar-refractivity contribution in [3.05, 3.63) is 16.1 Å². The number of nitrogens with zero attached hydrogens (tertiary/aromatic N) is 2. The zero-order chi connectivity index (χ0) is 13.1. The van der Waals surface area contributed by atoms with Crippen molar-refractivity contribution in [2.24, 2.45) is 5.73 Å². The van der Waals surface area contributed by atoms with Crippen molar-refractivity contribution in [3.63, 3.8) is 0 Å². The molecule has 2 atom stereocenters. The molecule has 1 aromatic rings. The van der Waals surface area contributed by atoms with Gasteiger partial charge in [-0.15, -0.1) is 11.3 Å². The first-order valence-electron chi connectivity index (χ1n) is 6.19. The number of amides is 1. The highest BCUT2D eigenvalue weighted by molar-refractivity contribution is 7.09. The molecule has 2 unspecified atom stereocenters. The van der Waals surface area contributed by atoms with Crippen molar-refractivity contribution in [2.75, 3.05) is 19.7 Å². The molecule has 1 saturated heterocycles. The van der Waals surface area contributed by atoms with E-state index in [1.165, 1.54) is 11.3 Å². The number of rotatable bonds is 3. The summed E-state index contributed by atoms with van der Waals surface area (Å²) in [4.78, 5) is 18.5. The molecule has 0 spiro atoms. The maximum absolute atomic E-state index is 12.4. The van der Waals surface area contributed by atoms with Crippen molar-refractivity contribution < 1.29 is 9.53 Å². The third kappa shape index (κ3) is 2.88. The van der Waals surface area contributed by atoms with Crippen molar-refractivity contribution in [1.29, 1.82) is 0 Å². The minimum absolute atomic E-state index is 0.00262. The highest BCUT2D eigenvalue weighted by Gasteiger charge is 2.29. The molecule has 100 valence electrons. The van der Waals surface area contributed by atoms with Gasteiger partial charge in [-0.3, -0.25) is 4.79 Å². The van der Waals surface area contributed by atoms with Gasteiger partial charge in [0, 0.05) is 18.3 Å². The highest BCUT2D eigenvalue weighted by atomic mass is 32.1. The number of carbonyl (C=O) groups is 1. The van der Waals surface area contributed by atoms with Gasteiger partial charge in [-0.1, -0.05) is 0 Å². The molecule has 1 fully saturated rings. The number of aromatic nitrogens is 1. The fourth-order valence-electron chi connectivity index (χ4n) is 1.98. The summed E-state index contributed by atoms with van der Waals surface area (Å²) in [6, 6.07) is 0.105. The van der Waals surface area contributed by atoms with Crippen LogP contribution in [0.4, 0.5) is 0 Å². The van der Waals surface area contributed by atoms with Crippen LogP contribution < -0.4 is 5.73 Å². The second-order valence-electron chi connectivity index (χ2n) is 4.62. The first-order chi connectivity index (χ1) is 8.61. The van der Waals surface area contributed by atoms with Gasteiger partial charge >= 0.3 is 0 Å². The van der Waals surface area contributed by atoms with Crippen LogP contribution in [0, 0.1) is 0 Å². The van der Waals surface area contributed by atoms with Gasteiger partial charge in [0.15, 0.2) is 0 Å². The van der Waals surface area contributed by atoms with Gasteiger partial charge in [-0.2, -0.15) is 0 Å². The lowest BCUT2D eigenvalue weighted by Crippen LogP contribution is -2.50. The quantitative estimate of drug-likeness (QED) is 0.885. The monoisotopic (exact) mass is 269 g/mol. The molecule has 1 amide bonds. The fraction of sp³-hybridized carbons (Fsp3) is 0.667. The lowest BCUT2D eigenvalue weighted by Gasteiger charge is -2.36. The molecule has 0 saturated carbocycles. The van der Waals surface area contributed by atoms with E-state index >= 15 is 0 Å². The predicted molar refractivity (Wildman–Crippen MR) is 70.8 cm³/mol. The minimum Gasteiger partial charge on any atom is -0.375 e. The van der Waals surface area contributed by atoms with E-state index in [-0.39, 0.29) is 18.1 Å². The van der Waals surface area contributed by atoms with E-state index in [0.29, 0.717) is 25.4 Å². The molecule has 0 bridgehead atoms. The van der Waals surface area contributed by atoms with Crippen LogP contribution in [0.1, 0.15) is 29.3 Å². The number of morpholine rings is 1. The Labute approximate surface area is 111 Å². The summed E-state index contributed by atoms with van der Waals surface area (Å²) in [6.45, 7) is 5.76. The molecule has 0 radical (unpaired) electrons. The average molecular weight is 269 g/mol. The first-order valence-corrected chi connectivity index (χ1v) is 7.06. The van der Waals surface area contributed by atoms with Gasteiger partial charge < -0.3 is 15.4 Å². The summed E-state index contributed by atoms with van der Waals surface area (Å²) >= 11 is 1.50. The second kappa shape index (κ2) is 5.77. The first kappa shape index (κ1) is 13.5. The predicted octanol–water partition coefficient (Wildman–Crippen LogP) is 0.894. The Balaban J connectivity index is 2.09. The summed E-state index contributed by atoms with van der Waals surface area (Å²) in [5.41, 5.74) is 6.02. The highest BCUT2D eigenvalue weighted by Crippen LogP contribution is 2.17. The van der Waals surface area contributed by atoms with Crippen LogP contribution in [0.2, 0.25) is 0 Å². The maximum atomic E-state index is 12.4. The zero-order valence-electron chi connectivity index (χ0n) is 10.8. The molecule has 2 rings (SSSR count). The number of hydrogen-bond donors (Lipinski definition) is 1. The molecule has 2 N–H and O–H groups in total. The normalized spacial score (nSPS) is 24.3. The summed E-state index contributed by atoms with van der Waals surface area (Å²) in [5.74, 6) is -0.00262. The lowest BCUT2D eigenvalue weighted by molar-refractivity contribution is -0.0388. The maximum Gasteiger partial charge on any atom is 0.273 e. The Morgan fingerprint density at radius 2 is 2.44 bits per heavy atom. The molecule has 0 aromatic carbocycles. The minimum atomic E-state index is -0.00262. The van der Waals surface area contributed by atoms with Crippen LogP contribution in [0.25, 0.3) is 0 Å². The molecule has 0 aliphatic carbocycles. The largest absolute Gasteiger partial charge is 0.375 e. The molecule has 1 aliphatic heterocycles. The zero-order valence-corrected chi connectivity index (χ0v) is 11.6. The van der Waals surface area contributed by atoms with E-state index in [9.17, 15) is 4.79 Å². The van der Waals surface area contributed by atoms with E-state index in [4.69, 9.17) is 10.5 Å². The molecule has 2 heterocycles. The molecular formula is C12H19N3O2S. The van der Waals surface area contributed by atoms with Crippen LogP contribution in [-0.2, 0) is 11.2 Å². The van der Waals surface area contributed by atoms with E-state index in [1.807, 2.05) is 24.1 Å². The van der Waals surface area contributed by atoms with Crippen LogP contribution in [0.3, 0.4) is 0 Å². The number of hydrogen-bond acceptors (Lipinski definition) is 5. The van der Waals surface area contributed by atoms with Crippen LogP contribution in [-0.4, -0.2) is 47.6 Å². The Morgan fingerprint density at radius 1 is 1.67 bits per heavy atom. The Hall–Kier alpha value is -0.980. The SMILES string of the molecule is CC1CN(C(=O)c2csc(CCN)n2)C(C)CO1.